The van der Waals surface area contributed by atoms with E-state index in [9.17, 15) is 9.59 Å². The number of rotatable bonds is 4. The first-order valence-electron chi connectivity index (χ1n) is 7.77. The van der Waals surface area contributed by atoms with Gasteiger partial charge in [0.25, 0.3) is 0 Å². The molecule has 118 valence electrons. The van der Waals surface area contributed by atoms with Crippen molar-refractivity contribution in [2.45, 2.75) is 19.4 Å². The Labute approximate surface area is 130 Å². The molecule has 1 saturated heterocycles. The van der Waals surface area contributed by atoms with Crippen LogP contribution in [0, 0.1) is 5.41 Å². The summed E-state index contributed by atoms with van der Waals surface area (Å²) < 4.78 is 0. The van der Waals surface area contributed by atoms with Crippen LogP contribution in [-0.2, 0) is 16.1 Å². The summed E-state index contributed by atoms with van der Waals surface area (Å²) in [7, 11) is 2.05. The summed E-state index contributed by atoms with van der Waals surface area (Å²) in [5.74, 6) is -0.135. The summed E-state index contributed by atoms with van der Waals surface area (Å²) in [6, 6.07) is 3.75. The number of pyridine rings is 1. The molecule has 22 heavy (non-hydrogen) atoms. The molecule has 1 aliphatic heterocycles. The summed E-state index contributed by atoms with van der Waals surface area (Å²) in [4.78, 5) is 33.2. The van der Waals surface area contributed by atoms with Crippen LogP contribution in [0.2, 0.25) is 0 Å². The van der Waals surface area contributed by atoms with Crippen LogP contribution in [0.3, 0.4) is 0 Å². The molecule has 1 aromatic heterocycles. The molecule has 0 aromatic carbocycles. The topological polar surface area (TPSA) is 65.5 Å². The van der Waals surface area contributed by atoms with Crippen LogP contribution >= 0.6 is 0 Å². The molecule has 2 fully saturated rings. The van der Waals surface area contributed by atoms with E-state index in [1.54, 1.807) is 12.4 Å². The highest BCUT2D eigenvalue weighted by Gasteiger charge is 2.57. The van der Waals surface area contributed by atoms with Gasteiger partial charge in [-0.2, -0.15) is 0 Å². The van der Waals surface area contributed by atoms with Gasteiger partial charge in [0.1, 0.15) is 5.41 Å². The van der Waals surface area contributed by atoms with Crippen LogP contribution in [-0.4, -0.2) is 59.8 Å². The van der Waals surface area contributed by atoms with Crippen molar-refractivity contribution in [3.8, 4) is 0 Å². The standard InChI is InChI=1S/C16H22N4O2/c1-19-7-9-20(10-8-19)15(22)16(4-5-16)14(21)18-12-13-3-2-6-17-11-13/h2-3,6,11H,4-5,7-10,12H2,1H3,(H,18,21). The molecule has 2 amide bonds. The summed E-state index contributed by atoms with van der Waals surface area (Å²) in [5, 5.41) is 2.89. The molecule has 3 rings (SSSR count). The summed E-state index contributed by atoms with van der Waals surface area (Å²) in [6.45, 7) is 3.60. The molecular weight excluding hydrogens is 280 g/mol. The zero-order valence-electron chi connectivity index (χ0n) is 12.9. The van der Waals surface area contributed by atoms with Gasteiger partial charge in [-0.05, 0) is 31.5 Å². The second-order valence-electron chi connectivity index (χ2n) is 6.22. The lowest BCUT2D eigenvalue weighted by molar-refractivity contribution is -0.145. The zero-order chi connectivity index (χ0) is 15.6. The van der Waals surface area contributed by atoms with Gasteiger partial charge in [-0.3, -0.25) is 14.6 Å². The number of amides is 2. The fraction of sp³-hybridized carbons (Fsp3) is 0.562. The largest absolute Gasteiger partial charge is 0.351 e. The Hall–Kier alpha value is -1.95. The van der Waals surface area contributed by atoms with Crippen molar-refractivity contribution in [3.05, 3.63) is 30.1 Å². The van der Waals surface area contributed by atoms with E-state index in [1.807, 2.05) is 17.0 Å². The van der Waals surface area contributed by atoms with Crippen molar-refractivity contribution in [3.63, 3.8) is 0 Å². The highest BCUT2D eigenvalue weighted by molar-refractivity contribution is 6.07. The highest BCUT2D eigenvalue weighted by Crippen LogP contribution is 2.47. The second kappa shape index (κ2) is 6.04. The van der Waals surface area contributed by atoms with Crippen molar-refractivity contribution < 1.29 is 9.59 Å². The third-order valence-electron chi connectivity index (χ3n) is 4.56. The molecule has 0 spiro atoms. The molecule has 1 saturated carbocycles. The van der Waals surface area contributed by atoms with Crippen LogP contribution in [0.1, 0.15) is 18.4 Å². The number of nitrogens with one attached hydrogen (secondary N) is 1. The fourth-order valence-corrected chi connectivity index (χ4v) is 2.83. The molecular formula is C16H22N4O2. The number of piperazine rings is 1. The van der Waals surface area contributed by atoms with Crippen LogP contribution in [0.15, 0.2) is 24.5 Å². The average molecular weight is 302 g/mol. The van der Waals surface area contributed by atoms with Gasteiger partial charge in [0.05, 0.1) is 0 Å². The third-order valence-corrected chi connectivity index (χ3v) is 4.56. The number of carbonyl (C=O) groups is 2. The van der Waals surface area contributed by atoms with E-state index < -0.39 is 5.41 Å². The number of hydrogen-bond donors (Lipinski definition) is 1. The molecule has 6 heteroatoms. The highest BCUT2D eigenvalue weighted by atomic mass is 16.2. The number of aromatic nitrogens is 1. The Kier molecular flexibility index (Phi) is 4.11. The number of nitrogens with zero attached hydrogens (tertiary/aromatic N) is 3. The van der Waals surface area contributed by atoms with E-state index in [0.717, 1.165) is 18.7 Å². The van der Waals surface area contributed by atoms with Crippen molar-refractivity contribution in [2.24, 2.45) is 5.41 Å². The smallest absolute Gasteiger partial charge is 0.238 e. The number of hydrogen-bond acceptors (Lipinski definition) is 4. The molecule has 0 bridgehead atoms. The summed E-state index contributed by atoms with van der Waals surface area (Å²) >= 11 is 0. The number of likely N-dealkylation sites (N-methyl/N-ethyl adjacent to an activating group) is 1. The maximum absolute atomic E-state index is 12.7. The quantitative estimate of drug-likeness (QED) is 0.810. The molecule has 1 aliphatic carbocycles. The maximum atomic E-state index is 12.7. The van der Waals surface area contributed by atoms with E-state index >= 15 is 0 Å². The normalized spacial score (nSPS) is 20.5. The average Bonchev–Trinajstić information content (AvgIpc) is 3.35. The maximum Gasteiger partial charge on any atom is 0.238 e. The summed E-state index contributed by atoms with van der Waals surface area (Å²) in [5.41, 5.74) is 0.136. The Morgan fingerprint density at radius 2 is 2.00 bits per heavy atom. The zero-order valence-corrected chi connectivity index (χ0v) is 12.9. The molecule has 2 heterocycles. The third kappa shape index (κ3) is 2.97. The molecule has 0 atom stereocenters. The summed E-state index contributed by atoms with van der Waals surface area (Å²) in [6.07, 6.45) is 4.75. The van der Waals surface area contributed by atoms with E-state index in [4.69, 9.17) is 0 Å². The monoisotopic (exact) mass is 302 g/mol. The second-order valence-corrected chi connectivity index (χ2v) is 6.22. The molecule has 1 N–H and O–H groups in total. The lowest BCUT2D eigenvalue weighted by Gasteiger charge is -2.34. The van der Waals surface area contributed by atoms with Gasteiger partial charge in [0.15, 0.2) is 0 Å². The molecule has 0 radical (unpaired) electrons. The Bertz CT molecular complexity index is 549. The number of carbonyl (C=O) groups excluding carboxylic acids is 2. The predicted octanol–water partition coefficient (Wildman–Crippen LogP) is 0.252. The minimum Gasteiger partial charge on any atom is -0.351 e. The van der Waals surface area contributed by atoms with Crippen LogP contribution in [0.4, 0.5) is 0 Å². The SMILES string of the molecule is CN1CCN(C(=O)C2(C(=O)NCc3cccnc3)CC2)CC1. The van der Waals surface area contributed by atoms with Crippen LogP contribution < -0.4 is 5.32 Å². The first kappa shape index (κ1) is 15.0. The molecule has 6 nitrogen and oxygen atoms in total. The lowest BCUT2D eigenvalue weighted by Crippen LogP contribution is -2.52. The fourth-order valence-electron chi connectivity index (χ4n) is 2.83. The van der Waals surface area contributed by atoms with Crippen LogP contribution in [0.25, 0.3) is 0 Å². The minimum atomic E-state index is -0.807. The van der Waals surface area contributed by atoms with Gasteiger partial charge in [-0.15, -0.1) is 0 Å². The van der Waals surface area contributed by atoms with Crippen molar-refractivity contribution in [1.29, 1.82) is 0 Å². The Morgan fingerprint density at radius 1 is 1.27 bits per heavy atom. The van der Waals surface area contributed by atoms with E-state index in [-0.39, 0.29) is 11.8 Å². The van der Waals surface area contributed by atoms with Gasteiger partial charge >= 0.3 is 0 Å². The van der Waals surface area contributed by atoms with E-state index in [1.165, 1.54) is 0 Å². The first-order valence-corrected chi connectivity index (χ1v) is 7.77. The van der Waals surface area contributed by atoms with Crippen molar-refractivity contribution in [1.82, 2.24) is 20.1 Å². The van der Waals surface area contributed by atoms with Gasteiger partial charge in [-0.1, -0.05) is 6.07 Å². The molecule has 0 unspecified atom stereocenters. The van der Waals surface area contributed by atoms with Crippen molar-refractivity contribution >= 4 is 11.8 Å². The van der Waals surface area contributed by atoms with Crippen molar-refractivity contribution in [2.75, 3.05) is 33.2 Å². The van der Waals surface area contributed by atoms with Gasteiger partial charge < -0.3 is 15.1 Å². The van der Waals surface area contributed by atoms with Gasteiger partial charge in [0.2, 0.25) is 11.8 Å². The van der Waals surface area contributed by atoms with Gasteiger partial charge in [-0.25, -0.2) is 0 Å². The molecule has 2 aliphatic rings. The first-order chi connectivity index (χ1) is 10.6. The minimum absolute atomic E-state index is 0.00397. The van der Waals surface area contributed by atoms with Crippen LogP contribution in [0.5, 0.6) is 0 Å². The Balaban J connectivity index is 1.58. The predicted molar refractivity (Wildman–Crippen MR) is 81.8 cm³/mol. The van der Waals surface area contributed by atoms with Gasteiger partial charge in [0, 0.05) is 45.1 Å². The van der Waals surface area contributed by atoms with E-state index in [0.29, 0.717) is 32.5 Å². The van der Waals surface area contributed by atoms with E-state index in [2.05, 4.69) is 22.2 Å². The molecule has 1 aromatic rings. The lowest BCUT2D eigenvalue weighted by atomic mass is 10.0. The Morgan fingerprint density at radius 3 is 2.59 bits per heavy atom.